The number of hydrogen-bond donors (Lipinski definition) is 1. The molecule has 2 heteroatoms. The minimum Gasteiger partial charge on any atom is -0.359 e. The molecule has 0 aromatic heterocycles. The van der Waals surface area contributed by atoms with E-state index < -0.39 is 8.80 Å². The molecule has 1 N–H and O–H groups in total. The van der Waals surface area contributed by atoms with Crippen LogP contribution >= 0.6 is 0 Å². The molecule has 2 rings (SSSR count). The molecule has 1 aromatic carbocycles. The van der Waals surface area contributed by atoms with Crippen LogP contribution in [0.1, 0.15) is 27.2 Å². The summed E-state index contributed by atoms with van der Waals surface area (Å²) < 4.78 is 0. The molecule has 0 saturated carbocycles. The van der Waals surface area contributed by atoms with E-state index in [0.29, 0.717) is 0 Å². The first-order chi connectivity index (χ1) is 8.89. The number of nitrogens with one attached hydrogen (secondary N) is 1. The van der Waals surface area contributed by atoms with Gasteiger partial charge in [-0.25, -0.2) is 0 Å². The van der Waals surface area contributed by atoms with Gasteiger partial charge < -0.3 is 5.32 Å². The van der Waals surface area contributed by atoms with Crippen LogP contribution in [-0.4, -0.2) is 8.80 Å². The van der Waals surface area contributed by atoms with Crippen molar-refractivity contribution >= 4 is 14.5 Å². The van der Waals surface area contributed by atoms with Gasteiger partial charge in [-0.15, -0.1) is 0 Å². The first-order valence-electron chi connectivity index (χ1n) is 7.15. The maximum absolute atomic E-state index is 3.64. The van der Waals surface area contributed by atoms with Crippen LogP contribution in [0.15, 0.2) is 52.9 Å². The lowest BCUT2D eigenvalue weighted by molar-refractivity contribution is 0.515. The standard InChI is InChI=1S/C17H25NSi/c1-17(2,3)14-11-12-15(16(14)19(4)5)18-13-9-7-6-8-10-13/h6-11,18-19H,12H2,1-5H3. The van der Waals surface area contributed by atoms with Gasteiger partial charge in [0.1, 0.15) is 0 Å². The quantitative estimate of drug-likeness (QED) is 0.782. The van der Waals surface area contributed by atoms with Crippen LogP contribution in [0.3, 0.4) is 0 Å². The van der Waals surface area contributed by atoms with Crippen molar-refractivity contribution in [2.75, 3.05) is 5.32 Å². The molecule has 102 valence electrons. The first kappa shape index (κ1) is 14.1. The lowest BCUT2D eigenvalue weighted by atomic mass is 9.87. The van der Waals surface area contributed by atoms with Crippen LogP contribution in [0.25, 0.3) is 0 Å². The second-order valence-corrected chi connectivity index (χ2v) is 9.50. The number of benzene rings is 1. The molecule has 19 heavy (non-hydrogen) atoms. The fourth-order valence-electron chi connectivity index (χ4n) is 2.77. The van der Waals surface area contributed by atoms with Gasteiger partial charge in [-0.2, -0.15) is 0 Å². The zero-order chi connectivity index (χ0) is 14.0. The van der Waals surface area contributed by atoms with Gasteiger partial charge in [0.25, 0.3) is 0 Å². The van der Waals surface area contributed by atoms with E-state index in [1.807, 2.05) is 0 Å². The highest BCUT2D eigenvalue weighted by Crippen LogP contribution is 2.39. The molecule has 0 amide bonds. The maximum Gasteiger partial charge on any atom is 0.0674 e. The third-order valence-corrected chi connectivity index (χ3v) is 5.39. The summed E-state index contributed by atoms with van der Waals surface area (Å²) in [7, 11) is -0.831. The minimum atomic E-state index is -0.831. The molecule has 0 radical (unpaired) electrons. The molecule has 0 heterocycles. The second-order valence-electron chi connectivity index (χ2n) is 6.61. The highest BCUT2D eigenvalue weighted by Gasteiger charge is 2.28. The van der Waals surface area contributed by atoms with Crippen molar-refractivity contribution < 1.29 is 0 Å². The molecule has 1 aromatic rings. The van der Waals surface area contributed by atoms with Crippen LogP contribution in [0.4, 0.5) is 5.69 Å². The summed E-state index contributed by atoms with van der Waals surface area (Å²) in [6, 6.07) is 10.5. The van der Waals surface area contributed by atoms with Crippen LogP contribution in [-0.2, 0) is 0 Å². The molecular weight excluding hydrogens is 246 g/mol. The number of para-hydroxylation sites is 1. The Morgan fingerprint density at radius 3 is 2.21 bits per heavy atom. The van der Waals surface area contributed by atoms with E-state index in [-0.39, 0.29) is 5.41 Å². The van der Waals surface area contributed by atoms with E-state index in [1.54, 1.807) is 10.8 Å². The Morgan fingerprint density at radius 1 is 1.05 bits per heavy atom. The Morgan fingerprint density at radius 2 is 1.68 bits per heavy atom. The summed E-state index contributed by atoms with van der Waals surface area (Å²) in [5, 5.41) is 5.27. The van der Waals surface area contributed by atoms with Crippen molar-refractivity contribution in [3.8, 4) is 0 Å². The van der Waals surface area contributed by atoms with E-state index in [0.717, 1.165) is 6.42 Å². The fraction of sp³-hybridized carbons (Fsp3) is 0.412. The number of allylic oxidation sites excluding steroid dienone is 3. The van der Waals surface area contributed by atoms with E-state index in [2.05, 4.69) is 75.6 Å². The van der Waals surface area contributed by atoms with Crippen molar-refractivity contribution in [1.82, 2.24) is 0 Å². The predicted molar refractivity (Wildman–Crippen MR) is 88.1 cm³/mol. The first-order valence-corrected chi connectivity index (χ1v) is 10.0. The largest absolute Gasteiger partial charge is 0.359 e. The van der Waals surface area contributed by atoms with Crippen molar-refractivity contribution in [3.05, 3.63) is 52.9 Å². The summed E-state index contributed by atoms with van der Waals surface area (Å²) in [6.45, 7) is 11.8. The van der Waals surface area contributed by atoms with E-state index in [4.69, 9.17) is 0 Å². The molecule has 0 saturated heterocycles. The lowest BCUT2D eigenvalue weighted by Crippen LogP contribution is -2.19. The number of rotatable bonds is 3. The number of hydrogen-bond acceptors (Lipinski definition) is 1. The molecule has 0 bridgehead atoms. The second kappa shape index (κ2) is 5.38. The summed E-state index contributed by atoms with van der Waals surface area (Å²) in [5.41, 5.74) is 4.45. The van der Waals surface area contributed by atoms with Crippen LogP contribution in [0.5, 0.6) is 0 Å². The van der Waals surface area contributed by atoms with E-state index in [9.17, 15) is 0 Å². The predicted octanol–water partition coefficient (Wildman–Crippen LogP) is 4.75. The Labute approximate surface area is 119 Å². The summed E-state index contributed by atoms with van der Waals surface area (Å²) >= 11 is 0. The van der Waals surface area contributed by atoms with Gasteiger partial charge in [0.15, 0.2) is 0 Å². The Kier molecular flexibility index (Phi) is 4.00. The van der Waals surface area contributed by atoms with Crippen LogP contribution in [0, 0.1) is 5.41 Å². The number of anilines is 1. The Bertz CT molecular complexity index is 504. The van der Waals surface area contributed by atoms with Crippen LogP contribution in [0.2, 0.25) is 13.1 Å². The van der Waals surface area contributed by atoms with Gasteiger partial charge in [0, 0.05) is 17.8 Å². The topological polar surface area (TPSA) is 12.0 Å². The van der Waals surface area contributed by atoms with Gasteiger partial charge in [-0.3, -0.25) is 0 Å². The SMILES string of the molecule is C[SiH](C)C1=C(Nc2ccccc2)CC=C1C(C)(C)C. The van der Waals surface area contributed by atoms with Gasteiger partial charge >= 0.3 is 0 Å². The van der Waals surface area contributed by atoms with Gasteiger partial charge in [0.2, 0.25) is 0 Å². The zero-order valence-corrected chi connectivity index (χ0v) is 13.9. The highest BCUT2D eigenvalue weighted by molar-refractivity contribution is 6.65. The third kappa shape index (κ3) is 3.18. The molecule has 1 nitrogen and oxygen atoms in total. The normalized spacial score (nSPS) is 16.0. The monoisotopic (exact) mass is 271 g/mol. The van der Waals surface area contributed by atoms with Crippen molar-refractivity contribution in [2.45, 2.75) is 40.3 Å². The van der Waals surface area contributed by atoms with Crippen molar-refractivity contribution in [2.24, 2.45) is 5.41 Å². The van der Waals surface area contributed by atoms with Gasteiger partial charge in [0.05, 0.1) is 8.80 Å². The molecule has 1 aliphatic rings. The van der Waals surface area contributed by atoms with E-state index >= 15 is 0 Å². The smallest absolute Gasteiger partial charge is 0.0674 e. The average molecular weight is 271 g/mol. The molecule has 1 aliphatic carbocycles. The summed E-state index contributed by atoms with van der Waals surface area (Å²) in [5.74, 6) is 0. The highest BCUT2D eigenvalue weighted by atomic mass is 28.3. The molecule has 0 atom stereocenters. The molecule has 0 unspecified atom stereocenters. The van der Waals surface area contributed by atoms with Crippen LogP contribution < -0.4 is 5.32 Å². The molecule has 0 aliphatic heterocycles. The Balaban J connectivity index is 2.31. The van der Waals surface area contributed by atoms with Crippen molar-refractivity contribution in [3.63, 3.8) is 0 Å². The van der Waals surface area contributed by atoms with Gasteiger partial charge in [-0.1, -0.05) is 58.1 Å². The van der Waals surface area contributed by atoms with E-state index in [1.165, 1.54) is 11.4 Å². The molecule has 0 spiro atoms. The lowest BCUT2D eigenvalue weighted by Gasteiger charge is -2.26. The zero-order valence-electron chi connectivity index (χ0n) is 12.7. The Hall–Kier alpha value is -1.28. The fourth-order valence-corrected chi connectivity index (χ4v) is 4.83. The maximum atomic E-state index is 3.64. The summed E-state index contributed by atoms with van der Waals surface area (Å²) in [4.78, 5) is 0. The molecule has 0 fully saturated rings. The minimum absolute atomic E-state index is 0.257. The summed E-state index contributed by atoms with van der Waals surface area (Å²) in [6.07, 6.45) is 3.48. The average Bonchev–Trinajstić information content (AvgIpc) is 2.74. The van der Waals surface area contributed by atoms with Crippen molar-refractivity contribution in [1.29, 1.82) is 0 Å². The van der Waals surface area contributed by atoms with Gasteiger partial charge in [-0.05, 0) is 28.3 Å². The molecular formula is C17H25NSi. The third-order valence-electron chi connectivity index (χ3n) is 3.58.